The molecule has 0 amide bonds. The number of carboxylic acids is 1. The minimum absolute atomic E-state index is 0.00132. The molecule has 160 valence electrons. The maximum atomic E-state index is 10.9. The van der Waals surface area contributed by atoms with Crippen molar-refractivity contribution in [1.82, 2.24) is 0 Å². The minimum Gasteiger partial charge on any atom is -0.481 e. The van der Waals surface area contributed by atoms with Gasteiger partial charge in [0.1, 0.15) is 11.2 Å². The van der Waals surface area contributed by atoms with Crippen LogP contribution in [-0.2, 0) is 14.6 Å². The Morgan fingerprint density at radius 2 is 1.15 bits per heavy atom. The molecule has 1 fully saturated rings. The van der Waals surface area contributed by atoms with Crippen LogP contribution in [0, 0.1) is 0 Å². The van der Waals surface area contributed by atoms with Crippen molar-refractivity contribution in [2.24, 2.45) is 0 Å². The van der Waals surface area contributed by atoms with Crippen molar-refractivity contribution >= 4 is 5.97 Å². The summed E-state index contributed by atoms with van der Waals surface area (Å²) in [5.41, 5.74) is -1.02. The first-order valence-corrected chi connectivity index (χ1v) is 11.5. The summed E-state index contributed by atoms with van der Waals surface area (Å²) < 4.78 is 0. The highest BCUT2D eigenvalue weighted by Crippen LogP contribution is 2.40. The highest BCUT2D eigenvalue weighted by molar-refractivity contribution is 5.68. The topological polar surface area (TPSA) is 55.8 Å². The quantitative estimate of drug-likeness (QED) is 0.213. The van der Waals surface area contributed by atoms with E-state index in [1.54, 1.807) is 0 Å². The van der Waals surface area contributed by atoms with Crippen LogP contribution in [0.2, 0.25) is 0 Å². The summed E-state index contributed by atoms with van der Waals surface area (Å²) >= 11 is 0. The van der Waals surface area contributed by atoms with Gasteiger partial charge in [0.25, 0.3) is 0 Å². The van der Waals surface area contributed by atoms with Crippen molar-refractivity contribution in [3.63, 3.8) is 0 Å². The lowest BCUT2D eigenvalue weighted by molar-refractivity contribution is -0.345. The van der Waals surface area contributed by atoms with E-state index in [0.717, 1.165) is 12.8 Å². The van der Waals surface area contributed by atoms with Gasteiger partial charge in [-0.15, -0.1) is 0 Å². The lowest BCUT2D eigenvalue weighted by atomic mass is 9.85. The Balaban J connectivity index is 1.91. The molecule has 0 aromatic rings. The molecule has 1 rings (SSSR count). The number of rotatable bonds is 17. The van der Waals surface area contributed by atoms with Gasteiger partial charge in [0.2, 0.25) is 0 Å². The zero-order valence-corrected chi connectivity index (χ0v) is 18.2. The van der Waals surface area contributed by atoms with Crippen molar-refractivity contribution in [3.05, 3.63) is 0 Å². The largest absolute Gasteiger partial charge is 0.481 e. The molecule has 1 aliphatic rings. The van der Waals surface area contributed by atoms with Crippen LogP contribution in [0.3, 0.4) is 0 Å². The first kappa shape index (κ1) is 24.4. The molecule has 0 bridgehead atoms. The van der Waals surface area contributed by atoms with Gasteiger partial charge in [-0.1, -0.05) is 96.8 Å². The van der Waals surface area contributed by atoms with Gasteiger partial charge in [-0.2, -0.15) is 0 Å². The molecule has 0 saturated carbocycles. The van der Waals surface area contributed by atoms with Crippen molar-refractivity contribution in [3.8, 4) is 0 Å². The molecular formula is C23H44O4. The van der Waals surface area contributed by atoms with E-state index in [4.69, 9.17) is 14.9 Å². The fraction of sp³-hybridized carbons (Fsp3) is 0.957. The molecule has 4 heteroatoms. The van der Waals surface area contributed by atoms with Crippen molar-refractivity contribution in [1.29, 1.82) is 0 Å². The number of carbonyl (C=O) groups is 1. The molecule has 1 N–H and O–H groups in total. The fourth-order valence-electron chi connectivity index (χ4n) is 4.29. The van der Waals surface area contributed by atoms with E-state index in [1.807, 2.05) is 13.8 Å². The van der Waals surface area contributed by atoms with Crippen LogP contribution < -0.4 is 0 Å². The van der Waals surface area contributed by atoms with Gasteiger partial charge < -0.3 is 5.11 Å². The summed E-state index contributed by atoms with van der Waals surface area (Å²) in [4.78, 5) is 21.8. The third-order valence-electron chi connectivity index (χ3n) is 5.78. The number of carboxylic acid groups (broad SMARTS) is 1. The van der Waals surface area contributed by atoms with E-state index >= 15 is 0 Å². The van der Waals surface area contributed by atoms with Crippen molar-refractivity contribution in [2.75, 3.05) is 0 Å². The Morgan fingerprint density at radius 1 is 0.741 bits per heavy atom. The molecule has 0 aromatic heterocycles. The van der Waals surface area contributed by atoms with E-state index < -0.39 is 11.6 Å². The Morgan fingerprint density at radius 3 is 1.59 bits per heavy atom. The highest BCUT2D eigenvalue weighted by atomic mass is 17.2. The fourth-order valence-corrected chi connectivity index (χ4v) is 4.29. The highest BCUT2D eigenvalue weighted by Gasteiger charge is 2.47. The Kier molecular flexibility index (Phi) is 12.3. The molecule has 0 aromatic carbocycles. The van der Waals surface area contributed by atoms with E-state index in [0.29, 0.717) is 6.42 Å². The molecule has 0 radical (unpaired) electrons. The van der Waals surface area contributed by atoms with Crippen LogP contribution >= 0.6 is 0 Å². The maximum absolute atomic E-state index is 10.9. The van der Waals surface area contributed by atoms with E-state index in [2.05, 4.69) is 6.92 Å². The van der Waals surface area contributed by atoms with Crippen molar-refractivity contribution < 1.29 is 19.7 Å². The van der Waals surface area contributed by atoms with Crippen LogP contribution in [0.5, 0.6) is 0 Å². The second-order valence-electron chi connectivity index (χ2n) is 9.16. The second-order valence-corrected chi connectivity index (χ2v) is 9.16. The summed E-state index contributed by atoms with van der Waals surface area (Å²) in [6, 6.07) is 0. The average Bonchev–Trinajstić information content (AvgIpc) is 2.89. The molecule has 27 heavy (non-hydrogen) atoms. The second kappa shape index (κ2) is 13.5. The van der Waals surface area contributed by atoms with Gasteiger partial charge >= 0.3 is 5.97 Å². The molecule has 1 unspecified atom stereocenters. The number of unbranched alkanes of at least 4 members (excludes halogenated alkanes) is 13. The van der Waals surface area contributed by atoms with Crippen LogP contribution in [0.4, 0.5) is 0 Å². The Bertz CT molecular complexity index is 398. The van der Waals surface area contributed by atoms with Crippen molar-refractivity contribution in [2.45, 2.75) is 141 Å². The molecule has 2 atom stereocenters. The van der Waals surface area contributed by atoms with Gasteiger partial charge in [0.15, 0.2) is 0 Å². The van der Waals surface area contributed by atoms with Gasteiger partial charge in [0, 0.05) is 6.42 Å². The number of hydrogen-bond donors (Lipinski definition) is 1. The molecule has 0 spiro atoms. The summed E-state index contributed by atoms with van der Waals surface area (Å²) in [5, 5.41) is 8.98. The predicted octanol–water partition coefficient (Wildman–Crippen LogP) is 7.20. The molecule has 4 nitrogen and oxygen atoms in total. The third kappa shape index (κ3) is 11.7. The van der Waals surface area contributed by atoms with E-state index in [9.17, 15) is 4.79 Å². The van der Waals surface area contributed by atoms with Gasteiger partial charge in [-0.05, 0) is 20.3 Å². The zero-order chi connectivity index (χ0) is 20.0. The SMILES string of the molecule is CCCCCCCCCCCCCCCC[C@]1(C)CC(C)(CC(=O)O)OO1. The Labute approximate surface area is 167 Å². The summed E-state index contributed by atoms with van der Waals surface area (Å²) in [5.74, 6) is -0.832. The van der Waals surface area contributed by atoms with Gasteiger partial charge in [-0.3, -0.25) is 4.79 Å². The predicted molar refractivity (Wildman–Crippen MR) is 111 cm³/mol. The number of aliphatic carboxylic acids is 1. The molecule has 1 aliphatic heterocycles. The lowest BCUT2D eigenvalue weighted by Crippen LogP contribution is -2.30. The normalized spacial score (nSPS) is 25.1. The van der Waals surface area contributed by atoms with E-state index in [-0.39, 0.29) is 12.0 Å². The van der Waals surface area contributed by atoms with Crippen LogP contribution in [0.25, 0.3) is 0 Å². The standard InChI is InChI=1S/C23H44O4/c1-4-5-6-7-8-9-10-11-12-13-14-15-16-17-18-22(2)20-23(3,27-26-22)19-21(24)25/h4-20H2,1-3H3,(H,24,25)/t22-,23?/m1/s1. The number of hydrogen-bond acceptors (Lipinski definition) is 3. The summed E-state index contributed by atoms with van der Waals surface area (Å²) in [6.07, 6.45) is 20.6. The van der Waals surface area contributed by atoms with E-state index in [1.165, 1.54) is 83.5 Å². The van der Waals surface area contributed by atoms with Crippen LogP contribution in [0.15, 0.2) is 0 Å². The molecular weight excluding hydrogens is 340 g/mol. The van der Waals surface area contributed by atoms with Gasteiger partial charge in [0.05, 0.1) is 6.42 Å². The first-order chi connectivity index (χ1) is 12.9. The van der Waals surface area contributed by atoms with Crippen LogP contribution in [0.1, 0.15) is 130 Å². The minimum atomic E-state index is -0.832. The third-order valence-corrected chi connectivity index (χ3v) is 5.78. The smallest absolute Gasteiger partial charge is 0.306 e. The summed E-state index contributed by atoms with van der Waals surface area (Å²) in [6.45, 7) is 6.15. The Hall–Kier alpha value is -0.610. The monoisotopic (exact) mass is 384 g/mol. The van der Waals surface area contributed by atoms with Crippen LogP contribution in [-0.4, -0.2) is 22.3 Å². The van der Waals surface area contributed by atoms with Gasteiger partial charge in [-0.25, -0.2) is 9.78 Å². The average molecular weight is 385 g/mol. The maximum Gasteiger partial charge on any atom is 0.306 e. The molecule has 0 aliphatic carbocycles. The molecule has 1 heterocycles. The summed E-state index contributed by atoms with van der Waals surface area (Å²) in [7, 11) is 0. The zero-order valence-electron chi connectivity index (χ0n) is 18.2. The lowest BCUT2D eigenvalue weighted by Gasteiger charge is -2.21. The first-order valence-electron chi connectivity index (χ1n) is 11.5. The molecule has 1 saturated heterocycles.